The number of benzene rings is 1. The second-order valence-electron chi connectivity index (χ2n) is 4.82. The molecule has 0 bridgehead atoms. The van der Waals surface area contributed by atoms with Gasteiger partial charge in [0.15, 0.2) is 11.5 Å². The Labute approximate surface area is 150 Å². The summed E-state index contributed by atoms with van der Waals surface area (Å²) in [4.78, 5) is 20.9. The van der Waals surface area contributed by atoms with E-state index in [1.165, 1.54) is 11.3 Å². The fourth-order valence-electron chi connectivity index (χ4n) is 2.02. The van der Waals surface area contributed by atoms with Gasteiger partial charge in [-0.15, -0.1) is 11.3 Å². The van der Waals surface area contributed by atoms with E-state index in [1.807, 2.05) is 29.6 Å². The number of thiophene rings is 1. The van der Waals surface area contributed by atoms with Crippen molar-refractivity contribution in [1.29, 1.82) is 0 Å². The molecule has 1 aromatic carbocycles. The minimum Gasteiger partial charge on any atom is -0.501 e. The summed E-state index contributed by atoms with van der Waals surface area (Å²) < 4.78 is 0.860. The van der Waals surface area contributed by atoms with Crippen molar-refractivity contribution in [1.82, 2.24) is 15.3 Å². The summed E-state index contributed by atoms with van der Waals surface area (Å²) in [5.41, 5.74) is 0.611. The predicted octanol–water partition coefficient (Wildman–Crippen LogP) is 3.31. The van der Waals surface area contributed by atoms with E-state index in [2.05, 4.69) is 31.2 Å². The molecular formula is C16H12BrN3O3S. The molecule has 0 atom stereocenters. The molecule has 2 aromatic heterocycles. The van der Waals surface area contributed by atoms with Crippen LogP contribution in [0.5, 0.6) is 11.6 Å². The van der Waals surface area contributed by atoms with E-state index < -0.39 is 17.5 Å². The topological polar surface area (TPSA) is 95.3 Å². The monoisotopic (exact) mass is 405 g/mol. The maximum Gasteiger partial charge on any atom is 0.274 e. The Morgan fingerprint density at radius 2 is 1.96 bits per heavy atom. The third-order valence-corrected chi connectivity index (χ3v) is 4.86. The Balaban J connectivity index is 1.85. The highest BCUT2D eigenvalue weighted by molar-refractivity contribution is 9.10. The molecule has 6 nitrogen and oxygen atoms in total. The Morgan fingerprint density at radius 1 is 1.17 bits per heavy atom. The number of nitrogens with one attached hydrogen (secondary N) is 1. The fourth-order valence-corrected chi connectivity index (χ4v) is 3.10. The number of hydrogen-bond donors (Lipinski definition) is 3. The van der Waals surface area contributed by atoms with Crippen molar-refractivity contribution in [2.24, 2.45) is 0 Å². The number of hydrogen-bond acceptors (Lipinski definition) is 6. The van der Waals surface area contributed by atoms with Crippen molar-refractivity contribution < 1.29 is 15.0 Å². The maximum atomic E-state index is 12.3. The molecule has 1 amide bonds. The largest absolute Gasteiger partial charge is 0.501 e. The van der Waals surface area contributed by atoms with Crippen LogP contribution in [0, 0.1) is 0 Å². The number of aromatic hydroxyl groups is 2. The van der Waals surface area contributed by atoms with Crippen LogP contribution in [0.25, 0.3) is 10.7 Å². The lowest BCUT2D eigenvalue weighted by Crippen LogP contribution is -2.24. The molecule has 0 aliphatic rings. The van der Waals surface area contributed by atoms with Gasteiger partial charge in [-0.05, 0) is 23.1 Å². The van der Waals surface area contributed by atoms with Crippen LogP contribution < -0.4 is 5.32 Å². The van der Waals surface area contributed by atoms with Gasteiger partial charge in [-0.2, -0.15) is 4.98 Å². The first-order valence-corrected chi connectivity index (χ1v) is 8.59. The molecule has 0 unspecified atom stereocenters. The number of carbonyl (C=O) groups excluding carboxylic acids is 1. The van der Waals surface area contributed by atoms with Gasteiger partial charge < -0.3 is 15.5 Å². The molecule has 2 heterocycles. The van der Waals surface area contributed by atoms with E-state index in [9.17, 15) is 15.0 Å². The third kappa shape index (κ3) is 3.39. The second kappa shape index (κ2) is 6.98. The first-order chi connectivity index (χ1) is 11.6. The molecule has 3 rings (SSSR count). The van der Waals surface area contributed by atoms with Crippen molar-refractivity contribution in [2.75, 3.05) is 0 Å². The molecule has 0 radical (unpaired) electrons. The summed E-state index contributed by atoms with van der Waals surface area (Å²) >= 11 is 4.77. The molecule has 24 heavy (non-hydrogen) atoms. The summed E-state index contributed by atoms with van der Waals surface area (Å²) in [5, 5.41) is 24.2. The highest BCUT2D eigenvalue weighted by Gasteiger charge is 2.20. The van der Waals surface area contributed by atoms with Gasteiger partial charge in [-0.25, -0.2) is 4.98 Å². The average molecular weight is 406 g/mol. The predicted molar refractivity (Wildman–Crippen MR) is 94.0 cm³/mol. The van der Waals surface area contributed by atoms with Crippen LogP contribution in [0.3, 0.4) is 0 Å². The van der Waals surface area contributed by atoms with Gasteiger partial charge in [0.1, 0.15) is 0 Å². The van der Waals surface area contributed by atoms with E-state index in [0.717, 1.165) is 10.0 Å². The number of carbonyl (C=O) groups is 1. The number of nitrogens with zero attached hydrogens (tertiary/aromatic N) is 2. The van der Waals surface area contributed by atoms with E-state index in [4.69, 9.17) is 0 Å². The normalized spacial score (nSPS) is 10.5. The quantitative estimate of drug-likeness (QED) is 0.618. The smallest absolute Gasteiger partial charge is 0.274 e. The van der Waals surface area contributed by atoms with Gasteiger partial charge in [0, 0.05) is 11.0 Å². The van der Waals surface area contributed by atoms with Gasteiger partial charge in [0.25, 0.3) is 11.8 Å². The highest BCUT2D eigenvalue weighted by Crippen LogP contribution is 2.30. The summed E-state index contributed by atoms with van der Waals surface area (Å²) in [6.45, 7) is 0.249. The molecule has 0 saturated heterocycles. The van der Waals surface area contributed by atoms with Gasteiger partial charge in [0.05, 0.1) is 4.88 Å². The number of amides is 1. The average Bonchev–Trinajstić information content (AvgIpc) is 3.10. The van der Waals surface area contributed by atoms with E-state index >= 15 is 0 Å². The number of aromatic nitrogens is 2. The van der Waals surface area contributed by atoms with Crippen LogP contribution in [0.15, 0.2) is 46.3 Å². The van der Waals surface area contributed by atoms with Crippen molar-refractivity contribution in [3.8, 4) is 22.3 Å². The zero-order valence-electron chi connectivity index (χ0n) is 12.2. The Kier molecular flexibility index (Phi) is 4.77. The molecule has 0 aliphatic heterocycles. The summed E-state index contributed by atoms with van der Waals surface area (Å²) in [6.07, 6.45) is 0. The van der Waals surface area contributed by atoms with Crippen LogP contribution in [0.2, 0.25) is 0 Å². The van der Waals surface area contributed by atoms with Crippen LogP contribution >= 0.6 is 27.3 Å². The van der Waals surface area contributed by atoms with Gasteiger partial charge in [0.2, 0.25) is 5.75 Å². The zero-order chi connectivity index (χ0) is 17.1. The van der Waals surface area contributed by atoms with Gasteiger partial charge in [-0.1, -0.05) is 40.2 Å². The van der Waals surface area contributed by atoms with Gasteiger partial charge >= 0.3 is 0 Å². The van der Waals surface area contributed by atoms with Gasteiger partial charge in [-0.3, -0.25) is 4.79 Å². The lowest BCUT2D eigenvalue weighted by atomic mass is 10.2. The Hall–Kier alpha value is -2.45. The Morgan fingerprint density at radius 3 is 2.67 bits per heavy atom. The van der Waals surface area contributed by atoms with Crippen molar-refractivity contribution >= 4 is 33.2 Å². The number of halogens is 1. The molecule has 8 heteroatoms. The molecular weight excluding hydrogens is 394 g/mol. The van der Waals surface area contributed by atoms with Crippen molar-refractivity contribution in [3.05, 3.63) is 57.5 Å². The third-order valence-electron chi connectivity index (χ3n) is 3.22. The Bertz CT molecular complexity index is 884. The van der Waals surface area contributed by atoms with Crippen LogP contribution in [-0.2, 0) is 6.54 Å². The molecule has 0 spiro atoms. The molecule has 0 saturated carbocycles. The van der Waals surface area contributed by atoms with E-state index in [1.54, 1.807) is 12.1 Å². The standard InChI is InChI=1S/C16H12BrN3O3S/c17-10-5-2-1-4-9(10)8-18-15(22)12-13(21)16(23)20-14(19-12)11-6-3-7-24-11/h1-7,21H,8H2,(H,18,22)(H,19,20,23). The fraction of sp³-hybridized carbons (Fsp3) is 0.0625. The summed E-state index contributed by atoms with van der Waals surface area (Å²) in [7, 11) is 0. The van der Waals surface area contributed by atoms with E-state index in [0.29, 0.717) is 4.88 Å². The maximum absolute atomic E-state index is 12.3. The summed E-state index contributed by atoms with van der Waals surface area (Å²) in [5.74, 6) is -1.68. The molecule has 3 aromatic rings. The molecule has 0 aliphatic carbocycles. The SMILES string of the molecule is O=C(NCc1ccccc1Br)c1nc(-c2cccs2)nc(O)c1O. The van der Waals surface area contributed by atoms with Crippen LogP contribution in [0.4, 0.5) is 0 Å². The van der Waals surface area contributed by atoms with Crippen LogP contribution in [0.1, 0.15) is 16.1 Å². The van der Waals surface area contributed by atoms with Crippen molar-refractivity contribution in [3.63, 3.8) is 0 Å². The van der Waals surface area contributed by atoms with E-state index in [-0.39, 0.29) is 18.1 Å². The lowest BCUT2D eigenvalue weighted by Gasteiger charge is -2.09. The van der Waals surface area contributed by atoms with Crippen molar-refractivity contribution in [2.45, 2.75) is 6.54 Å². The number of rotatable bonds is 4. The molecule has 3 N–H and O–H groups in total. The minimum absolute atomic E-state index is 0.186. The zero-order valence-corrected chi connectivity index (χ0v) is 14.6. The second-order valence-corrected chi connectivity index (χ2v) is 6.62. The first-order valence-electron chi connectivity index (χ1n) is 6.91. The lowest BCUT2D eigenvalue weighted by molar-refractivity contribution is 0.0941. The highest BCUT2D eigenvalue weighted by atomic mass is 79.9. The minimum atomic E-state index is -0.639. The molecule has 122 valence electrons. The van der Waals surface area contributed by atoms with Crippen LogP contribution in [-0.4, -0.2) is 26.1 Å². The summed E-state index contributed by atoms with van der Waals surface area (Å²) in [6, 6.07) is 11.0. The molecule has 0 fully saturated rings. The first kappa shape index (κ1) is 16.4.